The lowest BCUT2D eigenvalue weighted by Gasteiger charge is -2.36. The molecule has 0 bridgehead atoms. The van der Waals surface area contributed by atoms with E-state index in [1.807, 2.05) is 18.0 Å². The quantitative estimate of drug-likeness (QED) is 0.918. The molecule has 2 rings (SSSR count). The van der Waals surface area contributed by atoms with Gasteiger partial charge >= 0.3 is 0 Å². The topological polar surface area (TPSA) is 32.3 Å². The van der Waals surface area contributed by atoms with Crippen LogP contribution in [0.15, 0.2) is 24.3 Å². The Morgan fingerprint density at radius 3 is 2.67 bits per heavy atom. The molecule has 3 heteroatoms. The molecule has 2 unspecified atom stereocenters. The van der Waals surface area contributed by atoms with Gasteiger partial charge in [-0.15, -0.1) is 0 Å². The number of nitrogens with one attached hydrogen (secondary N) is 1. The van der Waals surface area contributed by atoms with E-state index < -0.39 is 0 Å². The molecule has 21 heavy (non-hydrogen) atoms. The maximum absolute atomic E-state index is 12.7. The number of para-hydroxylation sites is 1. The molecule has 3 nitrogen and oxygen atoms in total. The molecular weight excluding hydrogens is 260 g/mol. The van der Waals surface area contributed by atoms with Crippen molar-refractivity contribution >= 4 is 11.6 Å². The SMILES string of the molecule is CNC1CCN(C(=O)CC(C)C(C)(C)C)c2ccccc21. The van der Waals surface area contributed by atoms with Crippen molar-refractivity contribution in [3.8, 4) is 0 Å². The molecule has 1 heterocycles. The van der Waals surface area contributed by atoms with E-state index in [0.717, 1.165) is 18.7 Å². The number of rotatable bonds is 3. The van der Waals surface area contributed by atoms with E-state index in [1.54, 1.807) is 0 Å². The van der Waals surface area contributed by atoms with Gasteiger partial charge in [-0.05, 0) is 36.4 Å². The highest BCUT2D eigenvalue weighted by Crippen LogP contribution is 2.35. The number of fused-ring (bicyclic) bond motifs is 1. The highest BCUT2D eigenvalue weighted by Gasteiger charge is 2.30. The fourth-order valence-electron chi connectivity index (χ4n) is 2.80. The van der Waals surface area contributed by atoms with Gasteiger partial charge in [0.15, 0.2) is 0 Å². The molecule has 1 aliphatic rings. The Morgan fingerprint density at radius 1 is 1.38 bits per heavy atom. The van der Waals surface area contributed by atoms with Crippen molar-refractivity contribution in [1.29, 1.82) is 0 Å². The standard InChI is InChI=1S/C18H28N2O/c1-13(18(2,3)4)12-17(21)20-11-10-15(19-5)14-8-6-7-9-16(14)20/h6-9,13,15,19H,10-12H2,1-5H3. The average Bonchev–Trinajstić information content (AvgIpc) is 2.44. The van der Waals surface area contributed by atoms with Crippen LogP contribution >= 0.6 is 0 Å². The van der Waals surface area contributed by atoms with Crippen LogP contribution in [0.2, 0.25) is 0 Å². The highest BCUT2D eigenvalue weighted by atomic mass is 16.2. The number of hydrogen-bond acceptors (Lipinski definition) is 2. The summed E-state index contributed by atoms with van der Waals surface area (Å²) in [7, 11) is 1.99. The molecule has 0 spiro atoms. The third-order valence-electron chi connectivity index (χ3n) is 4.85. The number of amides is 1. The lowest BCUT2D eigenvalue weighted by Crippen LogP contribution is -2.40. The third kappa shape index (κ3) is 3.46. The predicted molar refractivity (Wildman–Crippen MR) is 88.4 cm³/mol. The maximum atomic E-state index is 12.7. The largest absolute Gasteiger partial charge is 0.313 e. The van der Waals surface area contributed by atoms with Crippen LogP contribution in [0.3, 0.4) is 0 Å². The molecule has 1 aromatic rings. The van der Waals surface area contributed by atoms with Crippen molar-refractivity contribution in [3.05, 3.63) is 29.8 Å². The monoisotopic (exact) mass is 288 g/mol. The van der Waals surface area contributed by atoms with Crippen molar-refractivity contribution in [3.63, 3.8) is 0 Å². The van der Waals surface area contributed by atoms with Gasteiger partial charge in [0, 0.05) is 24.7 Å². The van der Waals surface area contributed by atoms with E-state index in [4.69, 9.17) is 0 Å². The fraction of sp³-hybridized carbons (Fsp3) is 0.611. The van der Waals surface area contributed by atoms with E-state index in [2.05, 4.69) is 51.2 Å². The van der Waals surface area contributed by atoms with Crippen molar-refractivity contribution in [1.82, 2.24) is 5.32 Å². The fourth-order valence-corrected chi connectivity index (χ4v) is 2.80. The van der Waals surface area contributed by atoms with Crippen LogP contribution in [0.5, 0.6) is 0 Å². The van der Waals surface area contributed by atoms with Crippen LogP contribution in [0.25, 0.3) is 0 Å². The molecule has 116 valence electrons. The number of benzene rings is 1. The number of carbonyl (C=O) groups excluding carboxylic acids is 1. The lowest BCUT2D eigenvalue weighted by molar-refractivity contribution is -0.120. The summed E-state index contributed by atoms with van der Waals surface area (Å²) in [6, 6.07) is 8.62. The summed E-state index contributed by atoms with van der Waals surface area (Å²) < 4.78 is 0. The van der Waals surface area contributed by atoms with Gasteiger partial charge in [0.25, 0.3) is 0 Å². The van der Waals surface area contributed by atoms with Gasteiger partial charge < -0.3 is 10.2 Å². The molecule has 0 saturated carbocycles. The van der Waals surface area contributed by atoms with Gasteiger partial charge in [0.1, 0.15) is 0 Å². The number of carbonyl (C=O) groups is 1. The Kier molecular flexibility index (Phi) is 4.72. The maximum Gasteiger partial charge on any atom is 0.227 e. The molecule has 1 aromatic carbocycles. The van der Waals surface area contributed by atoms with E-state index in [-0.39, 0.29) is 11.3 Å². The normalized spacial score (nSPS) is 20.0. The molecule has 1 aliphatic heterocycles. The number of anilines is 1. The first-order valence-corrected chi connectivity index (χ1v) is 7.91. The average molecular weight is 288 g/mol. The van der Waals surface area contributed by atoms with Gasteiger partial charge in [0.05, 0.1) is 0 Å². The van der Waals surface area contributed by atoms with Crippen LogP contribution < -0.4 is 10.2 Å². The zero-order valence-electron chi connectivity index (χ0n) is 13.9. The van der Waals surface area contributed by atoms with Gasteiger partial charge in [0.2, 0.25) is 5.91 Å². The Bertz CT molecular complexity index is 504. The zero-order valence-corrected chi connectivity index (χ0v) is 13.9. The Balaban J connectivity index is 2.20. The van der Waals surface area contributed by atoms with Crippen molar-refractivity contribution < 1.29 is 4.79 Å². The summed E-state index contributed by atoms with van der Waals surface area (Å²) in [5, 5.41) is 3.35. The predicted octanol–water partition coefficient (Wildman–Crippen LogP) is 3.76. The second-order valence-corrected chi connectivity index (χ2v) is 7.21. The van der Waals surface area contributed by atoms with E-state index >= 15 is 0 Å². The van der Waals surface area contributed by atoms with Gasteiger partial charge in [-0.3, -0.25) is 4.79 Å². The van der Waals surface area contributed by atoms with Crippen LogP contribution in [0.1, 0.15) is 52.1 Å². The van der Waals surface area contributed by atoms with Crippen molar-refractivity contribution in [2.75, 3.05) is 18.5 Å². The summed E-state index contributed by atoms with van der Waals surface area (Å²) in [5.74, 6) is 0.624. The minimum absolute atomic E-state index is 0.165. The van der Waals surface area contributed by atoms with Crippen LogP contribution in [0.4, 0.5) is 5.69 Å². The van der Waals surface area contributed by atoms with Crippen LogP contribution in [-0.4, -0.2) is 19.5 Å². The van der Waals surface area contributed by atoms with Gasteiger partial charge in [-0.2, -0.15) is 0 Å². The first kappa shape index (κ1) is 16.0. The molecular formula is C18H28N2O. The molecule has 0 aliphatic carbocycles. The van der Waals surface area contributed by atoms with Gasteiger partial charge in [-0.1, -0.05) is 45.9 Å². The lowest BCUT2D eigenvalue weighted by atomic mass is 9.80. The second kappa shape index (κ2) is 6.18. The van der Waals surface area contributed by atoms with E-state index in [9.17, 15) is 4.79 Å². The van der Waals surface area contributed by atoms with Gasteiger partial charge in [-0.25, -0.2) is 0 Å². The Morgan fingerprint density at radius 2 is 2.05 bits per heavy atom. The Labute approximate surface area is 128 Å². The first-order valence-electron chi connectivity index (χ1n) is 7.91. The molecule has 1 N–H and O–H groups in total. The van der Waals surface area contributed by atoms with E-state index in [1.165, 1.54) is 5.56 Å². The van der Waals surface area contributed by atoms with E-state index in [0.29, 0.717) is 18.4 Å². The van der Waals surface area contributed by atoms with Crippen LogP contribution in [0, 0.1) is 11.3 Å². The highest BCUT2D eigenvalue weighted by molar-refractivity contribution is 5.94. The zero-order chi connectivity index (χ0) is 15.6. The minimum Gasteiger partial charge on any atom is -0.313 e. The molecule has 0 aromatic heterocycles. The molecule has 1 amide bonds. The summed E-state index contributed by atoms with van der Waals surface area (Å²) >= 11 is 0. The third-order valence-corrected chi connectivity index (χ3v) is 4.85. The van der Waals surface area contributed by atoms with Crippen molar-refractivity contribution in [2.24, 2.45) is 11.3 Å². The second-order valence-electron chi connectivity index (χ2n) is 7.21. The molecule has 0 radical (unpaired) electrons. The van der Waals surface area contributed by atoms with Crippen LogP contribution in [-0.2, 0) is 4.79 Å². The number of nitrogens with zero attached hydrogens (tertiary/aromatic N) is 1. The molecule has 0 saturated heterocycles. The summed E-state index contributed by atoms with van der Waals surface area (Å²) in [5.41, 5.74) is 2.48. The number of hydrogen-bond donors (Lipinski definition) is 1. The summed E-state index contributed by atoms with van der Waals surface area (Å²) in [6.07, 6.45) is 1.59. The summed E-state index contributed by atoms with van der Waals surface area (Å²) in [4.78, 5) is 14.7. The molecule has 2 atom stereocenters. The van der Waals surface area contributed by atoms with Crippen molar-refractivity contribution in [2.45, 2.75) is 46.6 Å². The Hall–Kier alpha value is -1.35. The smallest absolute Gasteiger partial charge is 0.227 e. The summed E-state index contributed by atoms with van der Waals surface area (Å²) in [6.45, 7) is 9.58. The molecule has 0 fully saturated rings. The first-order chi connectivity index (χ1) is 9.84. The minimum atomic E-state index is 0.165.